The molecule has 2 aromatic heterocycles. The van der Waals surface area contributed by atoms with Crippen molar-refractivity contribution in [2.24, 2.45) is 0 Å². The maximum atomic E-state index is 15.0. The first-order valence-electron chi connectivity index (χ1n) is 9.42. The lowest BCUT2D eigenvalue weighted by Gasteiger charge is -2.15. The molecule has 0 radical (unpaired) electrons. The molecule has 7 heteroatoms. The molecule has 3 heterocycles. The Labute approximate surface area is 165 Å². The molecule has 0 saturated carbocycles. The Hall–Kier alpha value is -3.32. The Bertz CT molecular complexity index is 1230. The number of hydrogen-bond donors (Lipinski definition) is 2. The Morgan fingerprint density at radius 1 is 1.21 bits per heavy atom. The second-order valence-corrected chi connectivity index (χ2v) is 6.95. The maximum Gasteiger partial charge on any atom is 0.175 e. The molecule has 6 nitrogen and oxygen atoms in total. The third-order valence-corrected chi connectivity index (χ3v) is 5.01. The highest BCUT2D eigenvalue weighted by Gasteiger charge is 2.24. The fraction of sp³-hybridized carbons (Fsp3) is 0.227. The molecular weight excluding hydrogens is 375 g/mol. The van der Waals surface area contributed by atoms with Crippen LogP contribution in [0.3, 0.4) is 0 Å². The van der Waals surface area contributed by atoms with E-state index >= 15 is 4.39 Å². The fourth-order valence-electron chi connectivity index (χ4n) is 3.81. The van der Waals surface area contributed by atoms with E-state index in [1.54, 1.807) is 36.5 Å². The van der Waals surface area contributed by atoms with E-state index in [1.165, 1.54) is 0 Å². The highest BCUT2D eigenvalue weighted by Crippen LogP contribution is 2.45. The van der Waals surface area contributed by atoms with Crippen LogP contribution in [0.2, 0.25) is 0 Å². The predicted molar refractivity (Wildman–Crippen MR) is 107 cm³/mol. The van der Waals surface area contributed by atoms with E-state index in [0.717, 1.165) is 22.2 Å². The minimum absolute atomic E-state index is 0.0935. The van der Waals surface area contributed by atoms with Crippen LogP contribution in [0.25, 0.3) is 21.8 Å². The van der Waals surface area contributed by atoms with E-state index in [0.29, 0.717) is 41.2 Å². The number of aromatic nitrogens is 2. The summed E-state index contributed by atoms with van der Waals surface area (Å²) >= 11 is 0. The molecule has 0 bridgehead atoms. The van der Waals surface area contributed by atoms with Crippen LogP contribution in [-0.2, 0) is 6.42 Å². The van der Waals surface area contributed by atoms with E-state index in [-0.39, 0.29) is 19.0 Å². The first-order chi connectivity index (χ1) is 14.2. The first kappa shape index (κ1) is 17.8. The third-order valence-electron chi connectivity index (χ3n) is 5.01. The lowest BCUT2D eigenvalue weighted by molar-refractivity contribution is 0.196. The lowest BCUT2D eigenvalue weighted by Crippen LogP contribution is -2.03. The highest BCUT2D eigenvalue weighted by molar-refractivity contribution is 5.93. The van der Waals surface area contributed by atoms with Crippen molar-refractivity contribution in [1.82, 2.24) is 9.97 Å². The van der Waals surface area contributed by atoms with Crippen molar-refractivity contribution in [2.75, 3.05) is 19.8 Å². The number of aliphatic hydroxyl groups is 1. The van der Waals surface area contributed by atoms with Gasteiger partial charge in [-0.05, 0) is 31.2 Å². The number of aliphatic hydroxyl groups excluding tert-OH is 1. The standard InChI is InChI=1S/C22H19FN2O4/c1-12-10-14-15(25-12)2-3-18(21(14)23)29-17-4-6-24-16-11-19(27-9-7-26)22-13(20(16)17)5-8-28-22/h2-4,6,10-11,25-26H,5,7-9H2,1H3. The van der Waals surface area contributed by atoms with Gasteiger partial charge in [0, 0.05) is 40.8 Å². The Kier molecular flexibility index (Phi) is 4.24. The molecule has 2 N–H and O–H groups in total. The SMILES string of the molecule is Cc1cc2c(F)c(Oc3ccnc4cc(OCCO)c5c(c34)CCO5)ccc2[nH]1. The fourth-order valence-corrected chi connectivity index (χ4v) is 3.81. The summed E-state index contributed by atoms with van der Waals surface area (Å²) < 4.78 is 32.4. The molecule has 4 aromatic rings. The van der Waals surface area contributed by atoms with Gasteiger partial charge < -0.3 is 24.3 Å². The van der Waals surface area contributed by atoms with Crippen LogP contribution in [0.15, 0.2) is 36.5 Å². The number of aryl methyl sites for hydroxylation is 1. The van der Waals surface area contributed by atoms with Crippen LogP contribution in [0.4, 0.5) is 4.39 Å². The number of H-pyrrole nitrogens is 1. The summed E-state index contributed by atoms with van der Waals surface area (Å²) in [5.74, 6) is 1.42. The van der Waals surface area contributed by atoms with Gasteiger partial charge in [-0.2, -0.15) is 0 Å². The van der Waals surface area contributed by atoms with Crippen LogP contribution in [0, 0.1) is 12.7 Å². The van der Waals surface area contributed by atoms with Gasteiger partial charge in [0.15, 0.2) is 23.1 Å². The number of fused-ring (bicyclic) bond motifs is 4. The number of nitrogens with zero attached hydrogens (tertiary/aromatic N) is 1. The molecule has 1 aliphatic rings. The van der Waals surface area contributed by atoms with Crippen molar-refractivity contribution < 1.29 is 23.7 Å². The molecular formula is C22H19FN2O4. The normalized spacial score (nSPS) is 12.9. The number of ether oxygens (including phenoxy) is 3. The van der Waals surface area contributed by atoms with Crippen LogP contribution in [-0.4, -0.2) is 34.9 Å². The van der Waals surface area contributed by atoms with Gasteiger partial charge in [0.1, 0.15) is 12.4 Å². The summed E-state index contributed by atoms with van der Waals surface area (Å²) in [5, 5.41) is 10.3. The molecule has 29 heavy (non-hydrogen) atoms. The number of halogens is 1. The number of hydrogen-bond acceptors (Lipinski definition) is 5. The molecule has 0 aliphatic carbocycles. The second-order valence-electron chi connectivity index (χ2n) is 6.95. The van der Waals surface area contributed by atoms with Crippen molar-refractivity contribution in [2.45, 2.75) is 13.3 Å². The Morgan fingerprint density at radius 3 is 2.97 bits per heavy atom. The summed E-state index contributed by atoms with van der Waals surface area (Å²) in [6, 6.07) is 8.67. The van der Waals surface area contributed by atoms with Gasteiger partial charge in [-0.15, -0.1) is 0 Å². The van der Waals surface area contributed by atoms with Crippen LogP contribution < -0.4 is 14.2 Å². The van der Waals surface area contributed by atoms with Crippen molar-refractivity contribution in [3.8, 4) is 23.0 Å². The quantitative estimate of drug-likeness (QED) is 0.529. The van der Waals surface area contributed by atoms with Crippen LogP contribution in [0.5, 0.6) is 23.0 Å². The molecule has 0 unspecified atom stereocenters. The number of pyridine rings is 1. The van der Waals surface area contributed by atoms with Gasteiger partial charge >= 0.3 is 0 Å². The molecule has 0 saturated heterocycles. The van der Waals surface area contributed by atoms with Gasteiger partial charge in [-0.3, -0.25) is 4.98 Å². The molecule has 1 aliphatic heterocycles. The number of rotatable bonds is 5. The monoisotopic (exact) mass is 394 g/mol. The number of nitrogens with one attached hydrogen (secondary N) is 1. The Balaban J connectivity index is 1.63. The topological polar surface area (TPSA) is 76.6 Å². The number of benzene rings is 2. The summed E-state index contributed by atoms with van der Waals surface area (Å²) in [6.45, 7) is 2.47. The first-order valence-corrected chi connectivity index (χ1v) is 9.42. The van der Waals surface area contributed by atoms with E-state index < -0.39 is 5.82 Å². The van der Waals surface area contributed by atoms with Crippen molar-refractivity contribution in [3.63, 3.8) is 0 Å². The van der Waals surface area contributed by atoms with Crippen molar-refractivity contribution in [3.05, 3.63) is 53.6 Å². The molecule has 0 fully saturated rings. The molecule has 148 valence electrons. The summed E-state index contributed by atoms with van der Waals surface area (Å²) in [6.07, 6.45) is 2.29. The summed E-state index contributed by atoms with van der Waals surface area (Å²) in [4.78, 5) is 7.55. The minimum atomic E-state index is -0.410. The van der Waals surface area contributed by atoms with Crippen molar-refractivity contribution in [1.29, 1.82) is 0 Å². The van der Waals surface area contributed by atoms with E-state index in [9.17, 15) is 0 Å². The zero-order chi connectivity index (χ0) is 20.0. The average molecular weight is 394 g/mol. The Morgan fingerprint density at radius 2 is 2.10 bits per heavy atom. The molecule has 0 amide bonds. The third kappa shape index (κ3) is 2.94. The van der Waals surface area contributed by atoms with Gasteiger partial charge in [0.05, 0.1) is 24.1 Å². The zero-order valence-electron chi connectivity index (χ0n) is 15.8. The second kappa shape index (κ2) is 6.93. The predicted octanol–water partition coefficient (Wildman–Crippen LogP) is 4.26. The van der Waals surface area contributed by atoms with Crippen LogP contribution in [0.1, 0.15) is 11.3 Å². The van der Waals surface area contributed by atoms with E-state index in [4.69, 9.17) is 19.3 Å². The van der Waals surface area contributed by atoms with Gasteiger partial charge in [0.2, 0.25) is 0 Å². The average Bonchev–Trinajstić information content (AvgIpc) is 3.35. The summed E-state index contributed by atoms with van der Waals surface area (Å²) in [7, 11) is 0. The molecule has 0 spiro atoms. The minimum Gasteiger partial charge on any atom is -0.489 e. The molecule has 0 atom stereocenters. The summed E-state index contributed by atoms with van der Waals surface area (Å²) in [5.41, 5.74) is 3.19. The van der Waals surface area contributed by atoms with E-state index in [1.807, 2.05) is 6.92 Å². The molecule has 5 rings (SSSR count). The number of aromatic amines is 1. The lowest BCUT2D eigenvalue weighted by atomic mass is 10.0. The van der Waals surface area contributed by atoms with Gasteiger partial charge in [0.25, 0.3) is 0 Å². The smallest absolute Gasteiger partial charge is 0.175 e. The van der Waals surface area contributed by atoms with Crippen molar-refractivity contribution >= 4 is 21.8 Å². The zero-order valence-corrected chi connectivity index (χ0v) is 15.8. The van der Waals surface area contributed by atoms with E-state index in [2.05, 4.69) is 9.97 Å². The maximum absolute atomic E-state index is 15.0. The molecule has 2 aromatic carbocycles. The van der Waals surface area contributed by atoms with Crippen LogP contribution >= 0.6 is 0 Å². The largest absolute Gasteiger partial charge is 0.489 e. The van der Waals surface area contributed by atoms with Gasteiger partial charge in [-0.25, -0.2) is 4.39 Å². The van der Waals surface area contributed by atoms with Gasteiger partial charge in [-0.1, -0.05) is 0 Å². The highest BCUT2D eigenvalue weighted by atomic mass is 19.1.